The summed E-state index contributed by atoms with van der Waals surface area (Å²) in [6.07, 6.45) is 1.05. The van der Waals surface area contributed by atoms with Gasteiger partial charge in [-0.2, -0.15) is 26.3 Å². The molecule has 2 aromatic heterocycles. The summed E-state index contributed by atoms with van der Waals surface area (Å²) >= 11 is 1.62. The van der Waals surface area contributed by atoms with E-state index in [1.54, 1.807) is 11.3 Å². The third-order valence-corrected chi connectivity index (χ3v) is 2.95. The summed E-state index contributed by atoms with van der Waals surface area (Å²) in [7, 11) is 0. The van der Waals surface area contributed by atoms with Crippen molar-refractivity contribution in [1.29, 1.82) is 0 Å². The fourth-order valence-electron chi connectivity index (χ4n) is 1.46. The number of aromatic nitrogens is 3. The molecule has 0 aliphatic heterocycles. The molecule has 0 saturated heterocycles. The molecule has 1 N–H and O–H groups in total. The molecule has 2 heterocycles. The third-order valence-electron chi connectivity index (χ3n) is 2.27. The fraction of sp³-hybridized carbons (Fsp3) is 0.462. The van der Waals surface area contributed by atoms with Gasteiger partial charge in [-0.1, -0.05) is 6.92 Å². The van der Waals surface area contributed by atoms with Crippen LogP contribution in [0.5, 0.6) is 6.01 Å². The van der Waals surface area contributed by atoms with Gasteiger partial charge in [0.2, 0.25) is 5.95 Å². The zero-order valence-corrected chi connectivity index (χ0v) is 12.2. The van der Waals surface area contributed by atoms with Crippen LogP contribution < -0.4 is 10.1 Å². The first-order valence-electron chi connectivity index (χ1n) is 6.38. The van der Waals surface area contributed by atoms with Gasteiger partial charge >= 0.3 is 6.01 Å². The first kappa shape index (κ1) is 13.7. The second-order valence-corrected chi connectivity index (χ2v) is 5.15. The third kappa shape index (κ3) is 3.89. The second kappa shape index (κ2) is 6.47. The minimum absolute atomic E-state index is 0.0387. The lowest BCUT2D eigenvalue weighted by atomic mass is 10.3. The average Bonchev–Trinajstić information content (AvgIpc) is 2.89. The summed E-state index contributed by atoms with van der Waals surface area (Å²) in [6.45, 7) is 6.83. The fourth-order valence-corrected chi connectivity index (χ4v) is 2.09. The van der Waals surface area contributed by atoms with Crippen molar-refractivity contribution >= 4 is 17.3 Å². The predicted molar refractivity (Wildman–Crippen MR) is 77.7 cm³/mol. The number of nitrogens with zero attached hydrogens (tertiary/aromatic N) is 3. The molecule has 0 fully saturated rings. The average molecular weight is 278 g/mol. The summed E-state index contributed by atoms with van der Waals surface area (Å²) in [6, 6.07) is 2.35. The molecule has 0 aliphatic rings. The van der Waals surface area contributed by atoms with Crippen molar-refractivity contribution in [1.82, 2.24) is 15.0 Å². The van der Waals surface area contributed by atoms with Gasteiger partial charge in [0, 0.05) is 17.5 Å². The lowest BCUT2D eigenvalue weighted by molar-refractivity contribution is 0.222. The highest BCUT2D eigenvalue weighted by molar-refractivity contribution is 7.08. The monoisotopic (exact) mass is 278 g/mol. The number of hydrogen-bond acceptors (Lipinski definition) is 6. The maximum absolute atomic E-state index is 5.57. The van der Waals surface area contributed by atoms with Crippen molar-refractivity contribution in [3.05, 3.63) is 16.8 Å². The van der Waals surface area contributed by atoms with Gasteiger partial charge in [-0.05, 0) is 31.7 Å². The lowest BCUT2D eigenvalue weighted by Gasteiger charge is -2.10. The predicted octanol–water partition coefficient (Wildman–Crippen LogP) is 3.21. The Bertz CT molecular complexity index is 513. The van der Waals surface area contributed by atoms with Crippen molar-refractivity contribution in [2.24, 2.45) is 0 Å². The highest BCUT2D eigenvalue weighted by Gasteiger charge is 2.10. The smallest absolute Gasteiger partial charge is 0.322 e. The molecule has 0 atom stereocenters. The molecule has 0 bridgehead atoms. The Morgan fingerprint density at radius 1 is 1.32 bits per heavy atom. The van der Waals surface area contributed by atoms with Gasteiger partial charge in [0.25, 0.3) is 0 Å². The van der Waals surface area contributed by atoms with E-state index in [0.717, 1.165) is 18.5 Å². The second-order valence-electron chi connectivity index (χ2n) is 4.37. The SMILES string of the molecule is CCCNc1nc(OC(C)C)nc(-c2ccsc2)n1. The van der Waals surface area contributed by atoms with Crippen LogP contribution in [0, 0.1) is 0 Å². The number of rotatable bonds is 6. The minimum atomic E-state index is 0.0387. The quantitative estimate of drug-likeness (QED) is 0.879. The van der Waals surface area contributed by atoms with Gasteiger partial charge in [0.05, 0.1) is 6.10 Å². The number of ether oxygens (including phenoxy) is 1. The molecule has 0 amide bonds. The van der Waals surface area contributed by atoms with E-state index in [4.69, 9.17) is 4.74 Å². The normalized spacial score (nSPS) is 10.7. The van der Waals surface area contributed by atoms with E-state index < -0.39 is 0 Å². The molecule has 0 radical (unpaired) electrons. The van der Waals surface area contributed by atoms with E-state index in [2.05, 4.69) is 27.2 Å². The van der Waals surface area contributed by atoms with Gasteiger partial charge in [0.15, 0.2) is 5.82 Å². The van der Waals surface area contributed by atoms with Gasteiger partial charge in [-0.25, -0.2) is 0 Å². The van der Waals surface area contributed by atoms with Gasteiger partial charge in [-0.15, -0.1) is 0 Å². The molecule has 0 spiro atoms. The largest absolute Gasteiger partial charge is 0.461 e. The van der Waals surface area contributed by atoms with Crippen molar-refractivity contribution in [3.63, 3.8) is 0 Å². The molecule has 0 saturated carbocycles. The Morgan fingerprint density at radius 2 is 2.16 bits per heavy atom. The molecule has 0 aliphatic carbocycles. The highest BCUT2D eigenvalue weighted by Crippen LogP contribution is 2.21. The summed E-state index contributed by atoms with van der Waals surface area (Å²) in [5.74, 6) is 1.21. The van der Waals surface area contributed by atoms with Gasteiger partial charge in [-0.3, -0.25) is 0 Å². The molecule has 0 unspecified atom stereocenters. The summed E-state index contributed by atoms with van der Waals surface area (Å²) < 4.78 is 5.57. The number of anilines is 1. The Morgan fingerprint density at radius 3 is 2.79 bits per heavy atom. The standard InChI is InChI=1S/C13H18N4OS/c1-4-6-14-12-15-11(10-5-7-19-8-10)16-13(17-12)18-9(2)3/h5,7-9H,4,6H2,1-3H3,(H,14,15,16,17). The number of hydrogen-bond donors (Lipinski definition) is 1. The zero-order chi connectivity index (χ0) is 13.7. The van der Waals surface area contributed by atoms with Crippen LogP contribution >= 0.6 is 11.3 Å². The van der Waals surface area contributed by atoms with Gasteiger partial charge < -0.3 is 10.1 Å². The van der Waals surface area contributed by atoms with E-state index in [9.17, 15) is 0 Å². The van der Waals surface area contributed by atoms with E-state index in [1.165, 1.54) is 0 Å². The first-order valence-corrected chi connectivity index (χ1v) is 7.32. The van der Waals surface area contributed by atoms with Crippen LogP contribution in [-0.2, 0) is 0 Å². The van der Waals surface area contributed by atoms with Crippen molar-refractivity contribution in [2.45, 2.75) is 33.3 Å². The van der Waals surface area contributed by atoms with Crippen LogP contribution in [0.15, 0.2) is 16.8 Å². The lowest BCUT2D eigenvalue weighted by Crippen LogP contribution is -2.12. The molecule has 5 nitrogen and oxygen atoms in total. The van der Waals surface area contributed by atoms with Crippen LogP contribution in [0.1, 0.15) is 27.2 Å². The number of nitrogens with one attached hydrogen (secondary N) is 1. The van der Waals surface area contributed by atoms with Crippen molar-refractivity contribution < 1.29 is 4.74 Å². The molecular formula is C13H18N4OS. The topological polar surface area (TPSA) is 59.9 Å². The highest BCUT2D eigenvalue weighted by atomic mass is 32.1. The van der Waals surface area contributed by atoms with Crippen LogP contribution in [0.4, 0.5) is 5.95 Å². The molecule has 2 aromatic rings. The maximum atomic E-state index is 5.57. The maximum Gasteiger partial charge on any atom is 0.322 e. The van der Waals surface area contributed by atoms with E-state index in [-0.39, 0.29) is 6.10 Å². The Labute approximate surface area is 117 Å². The number of thiophene rings is 1. The Hall–Kier alpha value is -1.69. The van der Waals surface area contributed by atoms with Crippen LogP contribution in [0.2, 0.25) is 0 Å². The minimum Gasteiger partial charge on any atom is -0.461 e. The van der Waals surface area contributed by atoms with Crippen LogP contribution in [0.3, 0.4) is 0 Å². The zero-order valence-electron chi connectivity index (χ0n) is 11.4. The van der Waals surface area contributed by atoms with Gasteiger partial charge in [0.1, 0.15) is 0 Å². The molecule has 2 rings (SSSR count). The summed E-state index contributed by atoms with van der Waals surface area (Å²) in [4.78, 5) is 13.0. The van der Waals surface area contributed by atoms with E-state index in [1.807, 2.05) is 30.7 Å². The first-order chi connectivity index (χ1) is 9.19. The summed E-state index contributed by atoms with van der Waals surface area (Å²) in [5.41, 5.74) is 0.987. The molecular weight excluding hydrogens is 260 g/mol. The van der Waals surface area contributed by atoms with Crippen molar-refractivity contribution in [3.8, 4) is 17.4 Å². The summed E-state index contributed by atoms with van der Waals surface area (Å²) in [5, 5.41) is 7.18. The van der Waals surface area contributed by atoms with Crippen LogP contribution in [0.25, 0.3) is 11.4 Å². The van der Waals surface area contributed by atoms with E-state index >= 15 is 0 Å². The molecule has 102 valence electrons. The van der Waals surface area contributed by atoms with E-state index in [0.29, 0.717) is 17.8 Å². The molecule has 0 aromatic carbocycles. The molecule has 19 heavy (non-hydrogen) atoms. The Balaban J connectivity index is 2.31. The Kier molecular flexibility index (Phi) is 4.68. The molecule has 6 heteroatoms. The van der Waals surface area contributed by atoms with Crippen LogP contribution in [-0.4, -0.2) is 27.6 Å². The van der Waals surface area contributed by atoms with Crippen molar-refractivity contribution in [2.75, 3.05) is 11.9 Å².